The zero-order valence-corrected chi connectivity index (χ0v) is 12.0. The summed E-state index contributed by atoms with van der Waals surface area (Å²) in [6.07, 6.45) is 1.65. The average Bonchev–Trinajstić information content (AvgIpc) is 2.40. The maximum atomic E-state index is 10.9. The van der Waals surface area contributed by atoms with Crippen LogP contribution in [-0.4, -0.2) is 51.5 Å². The zero-order valence-electron chi connectivity index (χ0n) is 12.0. The van der Waals surface area contributed by atoms with E-state index in [1.54, 1.807) is 0 Å². The number of hydrogen-bond donors (Lipinski definition) is 2. The number of rotatable bonds is 12. The largest absolute Gasteiger partial charge is 0.378 e. The molecule has 5 nitrogen and oxygen atoms in total. The van der Waals surface area contributed by atoms with Gasteiger partial charge >= 0.3 is 0 Å². The van der Waals surface area contributed by atoms with Crippen LogP contribution < -0.4 is 10.6 Å². The molecule has 0 bridgehead atoms. The third-order valence-electron chi connectivity index (χ3n) is 2.61. The SMILES string of the molecule is CCC(=O)NCCOCCOCCNC(C)CC. The number of hydrogen-bond acceptors (Lipinski definition) is 4. The molecular formula is C13H28N2O3. The highest BCUT2D eigenvalue weighted by Crippen LogP contribution is 1.86. The fourth-order valence-corrected chi connectivity index (χ4v) is 1.23. The van der Waals surface area contributed by atoms with Gasteiger partial charge in [0.25, 0.3) is 0 Å². The van der Waals surface area contributed by atoms with Gasteiger partial charge in [0.05, 0.1) is 26.4 Å². The molecule has 0 aromatic heterocycles. The van der Waals surface area contributed by atoms with Crippen molar-refractivity contribution in [3.8, 4) is 0 Å². The molecule has 0 radical (unpaired) electrons. The Morgan fingerprint density at radius 2 is 1.67 bits per heavy atom. The highest BCUT2D eigenvalue weighted by atomic mass is 16.5. The van der Waals surface area contributed by atoms with Gasteiger partial charge in [0.1, 0.15) is 0 Å². The van der Waals surface area contributed by atoms with E-state index >= 15 is 0 Å². The van der Waals surface area contributed by atoms with E-state index in [9.17, 15) is 4.79 Å². The van der Waals surface area contributed by atoms with Gasteiger partial charge in [-0.05, 0) is 13.3 Å². The highest BCUT2D eigenvalue weighted by Gasteiger charge is 1.97. The minimum absolute atomic E-state index is 0.0611. The van der Waals surface area contributed by atoms with Gasteiger partial charge in [-0.3, -0.25) is 4.79 Å². The van der Waals surface area contributed by atoms with Crippen LogP contribution in [0.1, 0.15) is 33.6 Å². The quantitative estimate of drug-likeness (QED) is 0.513. The molecule has 1 unspecified atom stereocenters. The van der Waals surface area contributed by atoms with Gasteiger partial charge in [-0.2, -0.15) is 0 Å². The lowest BCUT2D eigenvalue weighted by atomic mass is 10.3. The lowest BCUT2D eigenvalue weighted by Gasteiger charge is -2.11. The Morgan fingerprint density at radius 1 is 1.06 bits per heavy atom. The summed E-state index contributed by atoms with van der Waals surface area (Å²) in [5.41, 5.74) is 0. The summed E-state index contributed by atoms with van der Waals surface area (Å²) in [7, 11) is 0. The molecule has 0 spiro atoms. The van der Waals surface area contributed by atoms with Crippen molar-refractivity contribution in [2.24, 2.45) is 0 Å². The van der Waals surface area contributed by atoms with Crippen LogP contribution in [0.25, 0.3) is 0 Å². The van der Waals surface area contributed by atoms with E-state index in [-0.39, 0.29) is 5.91 Å². The Morgan fingerprint density at radius 3 is 2.22 bits per heavy atom. The summed E-state index contributed by atoms with van der Waals surface area (Å²) in [5, 5.41) is 6.10. The van der Waals surface area contributed by atoms with Crippen molar-refractivity contribution >= 4 is 5.91 Å². The molecular weight excluding hydrogens is 232 g/mol. The Labute approximate surface area is 111 Å². The van der Waals surface area contributed by atoms with Crippen molar-refractivity contribution in [3.63, 3.8) is 0 Å². The molecule has 0 saturated heterocycles. The van der Waals surface area contributed by atoms with Crippen molar-refractivity contribution < 1.29 is 14.3 Å². The van der Waals surface area contributed by atoms with E-state index < -0.39 is 0 Å². The molecule has 0 aliphatic heterocycles. The fourth-order valence-electron chi connectivity index (χ4n) is 1.23. The Kier molecular flexibility index (Phi) is 12.3. The molecule has 0 aromatic carbocycles. The molecule has 2 N–H and O–H groups in total. The lowest BCUT2D eigenvalue weighted by Crippen LogP contribution is -2.29. The van der Waals surface area contributed by atoms with Gasteiger partial charge < -0.3 is 20.1 Å². The van der Waals surface area contributed by atoms with Gasteiger partial charge in [0.2, 0.25) is 5.91 Å². The summed E-state index contributed by atoms with van der Waals surface area (Å²) in [6.45, 7) is 10.0. The number of ether oxygens (including phenoxy) is 2. The summed E-state index contributed by atoms with van der Waals surface area (Å²) in [6, 6.07) is 0.548. The minimum Gasteiger partial charge on any atom is -0.378 e. The molecule has 108 valence electrons. The fraction of sp³-hybridized carbons (Fsp3) is 0.923. The molecule has 0 aliphatic carbocycles. The van der Waals surface area contributed by atoms with Crippen molar-refractivity contribution in [1.82, 2.24) is 10.6 Å². The smallest absolute Gasteiger partial charge is 0.219 e. The zero-order chi connectivity index (χ0) is 13.6. The Hall–Kier alpha value is -0.650. The van der Waals surface area contributed by atoms with Gasteiger partial charge in [-0.1, -0.05) is 13.8 Å². The van der Waals surface area contributed by atoms with E-state index in [4.69, 9.17) is 9.47 Å². The lowest BCUT2D eigenvalue weighted by molar-refractivity contribution is -0.121. The van der Waals surface area contributed by atoms with Crippen LogP contribution in [0.2, 0.25) is 0 Å². The standard InChI is InChI=1S/C13H28N2O3/c1-4-12(3)14-6-8-17-10-11-18-9-7-15-13(16)5-2/h12,14H,4-11H2,1-3H3,(H,15,16). The summed E-state index contributed by atoms with van der Waals surface area (Å²) >= 11 is 0. The van der Waals surface area contributed by atoms with Crippen molar-refractivity contribution in [2.45, 2.75) is 39.7 Å². The Bertz CT molecular complexity index is 201. The second-order valence-electron chi connectivity index (χ2n) is 4.19. The highest BCUT2D eigenvalue weighted by molar-refractivity contribution is 5.75. The summed E-state index contributed by atoms with van der Waals surface area (Å²) in [5.74, 6) is 0.0611. The van der Waals surface area contributed by atoms with E-state index in [0.29, 0.717) is 45.4 Å². The van der Waals surface area contributed by atoms with Gasteiger partial charge in [0.15, 0.2) is 0 Å². The molecule has 5 heteroatoms. The van der Waals surface area contributed by atoms with Crippen LogP contribution in [0.15, 0.2) is 0 Å². The van der Waals surface area contributed by atoms with Crippen LogP contribution in [-0.2, 0) is 14.3 Å². The minimum atomic E-state index is 0.0611. The van der Waals surface area contributed by atoms with Crippen LogP contribution in [0.5, 0.6) is 0 Å². The number of amides is 1. The van der Waals surface area contributed by atoms with E-state index in [1.165, 1.54) is 0 Å². The monoisotopic (exact) mass is 260 g/mol. The first-order valence-corrected chi connectivity index (χ1v) is 6.86. The number of carbonyl (C=O) groups excluding carboxylic acids is 1. The number of nitrogens with one attached hydrogen (secondary N) is 2. The summed E-state index contributed by atoms with van der Waals surface area (Å²) < 4.78 is 10.7. The predicted octanol–water partition coefficient (Wildman–Crippen LogP) is 0.934. The summed E-state index contributed by atoms with van der Waals surface area (Å²) in [4.78, 5) is 10.9. The third-order valence-corrected chi connectivity index (χ3v) is 2.61. The Balaban J connectivity index is 3.05. The average molecular weight is 260 g/mol. The van der Waals surface area contributed by atoms with Crippen molar-refractivity contribution in [3.05, 3.63) is 0 Å². The third kappa shape index (κ3) is 11.8. The van der Waals surface area contributed by atoms with Gasteiger partial charge in [-0.25, -0.2) is 0 Å². The molecule has 0 aromatic rings. The topological polar surface area (TPSA) is 59.6 Å². The first-order chi connectivity index (χ1) is 8.70. The second kappa shape index (κ2) is 12.8. The van der Waals surface area contributed by atoms with E-state index in [2.05, 4.69) is 24.5 Å². The van der Waals surface area contributed by atoms with Gasteiger partial charge in [-0.15, -0.1) is 0 Å². The molecule has 0 heterocycles. The first kappa shape index (κ1) is 17.4. The molecule has 1 amide bonds. The maximum absolute atomic E-state index is 10.9. The van der Waals surface area contributed by atoms with Crippen molar-refractivity contribution in [2.75, 3.05) is 39.5 Å². The van der Waals surface area contributed by atoms with Crippen LogP contribution in [0, 0.1) is 0 Å². The molecule has 0 saturated carbocycles. The maximum Gasteiger partial charge on any atom is 0.219 e. The molecule has 0 fully saturated rings. The van der Waals surface area contributed by atoms with Crippen LogP contribution in [0.4, 0.5) is 0 Å². The molecule has 0 rings (SSSR count). The normalized spacial score (nSPS) is 12.4. The van der Waals surface area contributed by atoms with Crippen molar-refractivity contribution in [1.29, 1.82) is 0 Å². The van der Waals surface area contributed by atoms with E-state index in [0.717, 1.165) is 13.0 Å². The number of carbonyl (C=O) groups is 1. The van der Waals surface area contributed by atoms with Crippen LogP contribution >= 0.6 is 0 Å². The predicted molar refractivity (Wildman–Crippen MR) is 72.7 cm³/mol. The molecule has 1 atom stereocenters. The molecule has 18 heavy (non-hydrogen) atoms. The van der Waals surface area contributed by atoms with Crippen LogP contribution in [0.3, 0.4) is 0 Å². The second-order valence-corrected chi connectivity index (χ2v) is 4.19. The molecule has 0 aliphatic rings. The van der Waals surface area contributed by atoms with Gasteiger partial charge in [0, 0.05) is 25.6 Å². The first-order valence-electron chi connectivity index (χ1n) is 6.86. The van der Waals surface area contributed by atoms with E-state index in [1.807, 2.05) is 6.92 Å².